The van der Waals surface area contributed by atoms with E-state index in [-0.39, 0.29) is 17.3 Å². The molecule has 0 saturated carbocycles. The van der Waals surface area contributed by atoms with Crippen LogP contribution in [0.3, 0.4) is 0 Å². The lowest BCUT2D eigenvalue weighted by Gasteiger charge is -2.32. The molecule has 0 aliphatic carbocycles. The number of sulfonamides is 1. The number of carbonyl (C=O) groups excluding carboxylic acids is 2. The number of anilines is 1. The van der Waals surface area contributed by atoms with Gasteiger partial charge in [0.05, 0.1) is 10.6 Å². The highest BCUT2D eigenvalue weighted by Gasteiger charge is 2.32. The lowest BCUT2D eigenvalue weighted by atomic mass is 10.1. The van der Waals surface area contributed by atoms with E-state index in [9.17, 15) is 18.0 Å². The van der Waals surface area contributed by atoms with Gasteiger partial charge in [0.2, 0.25) is 11.8 Å². The predicted octanol–water partition coefficient (Wildman–Crippen LogP) is 3.97. The number of amides is 2. The fraction of sp³-hybridized carbons (Fsp3) is 0.286. The number of hydrogen-bond donors (Lipinski definition) is 1. The lowest BCUT2D eigenvalue weighted by Crippen LogP contribution is -2.50. The molecule has 0 aliphatic rings. The van der Waals surface area contributed by atoms with Crippen molar-refractivity contribution < 1.29 is 18.0 Å². The molecule has 0 aliphatic heterocycles. The fourth-order valence-electron chi connectivity index (χ4n) is 3.88. The minimum Gasteiger partial charge on any atom is -0.357 e. The first-order chi connectivity index (χ1) is 17.0. The number of likely N-dealkylation sites (N-methyl/N-ethyl adjacent to an activating group) is 1. The summed E-state index contributed by atoms with van der Waals surface area (Å²) in [6, 6.07) is 20.4. The fourth-order valence-corrected chi connectivity index (χ4v) is 5.35. The molecular weight excluding hydrogens is 474 g/mol. The van der Waals surface area contributed by atoms with Gasteiger partial charge in [-0.1, -0.05) is 65.7 Å². The maximum Gasteiger partial charge on any atom is 0.264 e. The second kappa shape index (κ2) is 11.4. The second-order valence-corrected chi connectivity index (χ2v) is 10.8. The number of carbonyl (C=O) groups is 2. The van der Waals surface area contributed by atoms with E-state index >= 15 is 0 Å². The quantitative estimate of drug-likeness (QED) is 0.475. The molecule has 1 N–H and O–H groups in total. The van der Waals surface area contributed by atoms with Crippen molar-refractivity contribution in [2.45, 2.75) is 45.2 Å². The first-order valence-corrected chi connectivity index (χ1v) is 13.2. The van der Waals surface area contributed by atoms with Crippen molar-refractivity contribution in [3.8, 4) is 0 Å². The molecular formula is C28H33N3O4S. The number of aryl methyl sites for hydroxylation is 3. The average molecular weight is 508 g/mol. The van der Waals surface area contributed by atoms with Crippen LogP contribution in [0.4, 0.5) is 5.69 Å². The summed E-state index contributed by atoms with van der Waals surface area (Å²) in [4.78, 5) is 27.8. The van der Waals surface area contributed by atoms with Gasteiger partial charge < -0.3 is 10.2 Å². The van der Waals surface area contributed by atoms with Gasteiger partial charge in [-0.3, -0.25) is 13.9 Å². The zero-order chi connectivity index (χ0) is 26.5. The van der Waals surface area contributed by atoms with Crippen molar-refractivity contribution in [1.82, 2.24) is 10.2 Å². The van der Waals surface area contributed by atoms with E-state index in [1.165, 1.54) is 24.1 Å². The molecule has 0 aromatic heterocycles. The number of nitrogens with one attached hydrogen (secondary N) is 1. The second-order valence-electron chi connectivity index (χ2n) is 8.91. The number of nitrogens with zero attached hydrogens (tertiary/aromatic N) is 2. The van der Waals surface area contributed by atoms with Gasteiger partial charge in [-0.2, -0.15) is 0 Å². The molecule has 36 heavy (non-hydrogen) atoms. The summed E-state index contributed by atoms with van der Waals surface area (Å²) in [6.45, 7) is 7.00. The van der Waals surface area contributed by atoms with Gasteiger partial charge in [0.15, 0.2) is 0 Å². The van der Waals surface area contributed by atoms with Gasteiger partial charge in [0, 0.05) is 13.6 Å². The van der Waals surface area contributed by atoms with Crippen LogP contribution in [0.1, 0.15) is 29.2 Å². The van der Waals surface area contributed by atoms with E-state index in [1.807, 2.05) is 44.2 Å². The summed E-state index contributed by atoms with van der Waals surface area (Å²) in [5, 5.41) is 2.59. The van der Waals surface area contributed by atoms with Crippen LogP contribution in [-0.2, 0) is 26.2 Å². The van der Waals surface area contributed by atoms with Crippen LogP contribution in [0.15, 0.2) is 77.7 Å². The van der Waals surface area contributed by atoms with Crippen LogP contribution in [0.2, 0.25) is 0 Å². The molecule has 8 heteroatoms. The van der Waals surface area contributed by atoms with Crippen LogP contribution >= 0.6 is 0 Å². The van der Waals surface area contributed by atoms with E-state index in [2.05, 4.69) is 5.32 Å². The summed E-state index contributed by atoms with van der Waals surface area (Å²) in [6.07, 6.45) is 0. The average Bonchev–Trinajstić information content (AvgIpc) is 2.86. The smallest absolute Gasteiger partial charge is 0.264 e. The molecule has 3 rings (SSSR count). The van der Waals surface area contributed by atoms with Crippen molar-refractivity contribution in [3.63, 3.8) is 0 Å². The Bertz CT molecular complexity index is 1320. The Hall–Kier alpha value is -3.65. The molecule has 3 aromatic rings. The topological polar surface area (TPSA) is 86.8 Å². The SMILES string of the molecule is CNC(=O)C(C)N(Cc1ccc(C)cc1)C(=O)CN(c1ccccc1C)S(=O)(=O)c1ccc(C)cc1. The van der Waals surface area contributed by atoms with Gasteiger partial charge >= 0.3 is 0 Å². The Balaban J connectivity index is 2.04. The minimum absolute atomic E-state index is 0.0913. The molecule has 0 saturated heterocycles. The lowest BCUT2D eigenvalue weighted by molar-refractivity contribution is -0.139. The van der Waals surface area contributed by atoms with Crippen molar-refractivity contribution in [1.29, 1.82) is 0 Å². The van der Waals surface area contributed by atoms with E-state index < -0.39 is 28.5 Å². The van der Waals surface area contributed by atoms with Crippen LogP contribution in [0, 0.1) is 20.8 Å². The van der Waals surface area contributed by atoms with Crippen LogP contribution in [-0.4, -0.2) is 44.8 Å². The Kier molecular flexibility index (Phi) is 8.53. The largest absolute Gasteiger partial charge is 0.357 e. The molecule has 7 nitrogen and oxygen atoms in total. The number of para-hydroxylation sites is 1. The zero-order valence-electron chi connectivity index (χ0n) is 21.4. The maximum absolute atomic E-state index is 13.8. The van der Waals surface area contributed by atoms with Crippen molar-refractivity contribution >= 4 is 27.5 Å². The Labute approximate surface area is 213 Å². The highest BCUT2D eigenvalue weighted by Crippen LogP contribution is 2.27. The Morgan fingerprint density at radius 3 is 1.97 bits per heavy atom. The molecule has 0 heterocycles. The number of hydrogen-bond acceptors (Lipinski definition) is 4. The summed E-state index contributed by atoms with van der Waals surface area (Å²) in [5.41, 5.74) is 3.97. The van der Waals surface area contributed by atoms with E-state index in [0.717, 1.165) is 21.0 Å². The Morgan fingerprint density at radius 2 is 1.42 bits per heavy atom. The normalized spacial score (nSPS) is 12.0. The highest BCUT2D eigenvalue weighted by atomic mass is 32.2. The zero-order valence-corrected chi connectivity index (χ0v) is 22.2. The molecule has 3 aromatic carbocycles. The summed E-state index contributed by atoms with van der Waals surface area (Å²) in [7, 11) is -2.56. The highest BCUT2D eigenvalue weighted by molar-refractivity contribution is 7.92. The standard InChI is InChI=1S/C28H33N3O4S/c1-20-10-14-24(15-11-20)18-30(23(4)28(33)29-5)27(32)19-31(26-9-7-6-8-22(26)3)36(34,35)25-16-12-21(2)13-17-25/h6-17,23H,18-19H2,1-5H3,(H,29,33). The molecule has 0 spiro atoms. The van der Waals surface area contributed by atoms with Gasteiger partial charge in [0.25, 0.3) is 10.0 Å². The molecule has 0 radical (unpaired) electrons. The first-order valence-electron chi connectivity index (χ1n) is 11.8. The predicted molar refractivity (Wildman–Crippen MR) is 142 cm³/mol. The van der Waals surface area contributed by atoms with Crippen molar-refractivity contribution in [2.24, 2.45) is 0 Å². The third-order valence-electron chi connectivity index (χ3n) is 6.16. The third kappa shape index (κ3) is 6.12. The van der Waals surface area contributed by atoms with E-state index in [0.29, 0.717) is 11.3 Å². The first kappa shape index (κ1) is 26.9. The minimum atomic E-state index is -4.07. The molecule has 1 atom stereocenters. The van der Waals surface area contributed by atoms with Gasteiger partial charge in [-0.15, -0.1) is 0 Å². The number of rotatable bonds is 9. The molecule has 1 unspecified atom stereocenters. The van der Waals surface area contributed by atoms with Gasteiger partial charge in [-0.05, 0) is 57.0 Å². The maximum atomic E-state index is 13.8. The van der Waals surface area contributed by atoms with E-state index in [1.54, 1.807) is 44.2 Å². The van der Waals surface area contributed by atoms with Crippen LogP contribution in [0.5, 0.6) is 0 Å². The molecule has 0 bridgehead atoms. The van der Waals surface area contributed by atoms with Crippen molar-refractivity contribution in [3.05, 3.63) is 95.1 Å². The number of benzene rings is 3. The Morgan fingerprint density at radius 1 is 0.861 bits per heavy atom. The van der Waals surface area contributed by atoms with Gasteiger partial charge in [0.1, 0.15) is 12.6 Å². The summed E-state index contributed by atoms with van der Waals surface area (Å²) < 4.78 is 28.7. The van der Waals surface area contributed by atoms with E-state index in [4.69, 9.17) is 0 Å². The monoisotopic (exact) mass is 507 g/mol. The molecule has 190 valence electrons. The van der Waals surface area contributed by atoms with Crippen LogP contribution < -0.4 is 9.62 Å². The molecule has 0 fully saturated rings. The summed E-state index contributed by atoms with van der Waals surface area (Å²) in [5.74, 6) is -0.815. The third-order valence-corrected chi connectivity index (χ3v) is 7.93. The molecule has 2 amide bonds. The van der Waals surface area contributed by atoms with Crippen LogP contribution in [0.25, 0.3) is 0 Å². The summed E-state index contributed by atoms with van der Waals surface area (Å²) >= 11 is 0. The van der Waals surface area contributed by atoms with Gasteiger partial charge in [-0.25, -0.2) is 8.42 Å². The van der Waals surface area contributed by atoms with Crippen molar-refractivity contribution in [2.75, 3.05) is 17.9 Å².